The number of nitrogens with zero attached hydrogens (tertiary/aromatic N) is 6. The van der Waals surface area contributed by atoms with E-state index in [-0.39, 0.29) is 59.2 Å². The number of rotatable bonds is 13. The van der Waals surface area contributed by atoms with Crippen LogP contribution < -0.4 is 34.0 Å². The Hall–Kier alpha value is -6.19. The Balaban J connectivity index is 0.734. The highest BCUT2D eigenvalue weighted by molar-refractivity contribution is 7.90. The van der Waals surface area contributed by atoms with Crippen molar-refractivity contribution in [2.75, 3.05) is 87.4 Å². The number of aromatic nitrogens is 2. The van der Waals surface area contributed by atoms with Gasteiger partial charge >= 0.3 is 0 Å². The number of sulfonamides is 1. The lowest BCUT2D eigenvalue weighted by molar-refractivity contribution is -0.384. The molecule has 15 rings (SSSR count). The number of ether oxygens (including phenoxy) is 5. The van der Waals surface area contributed by atoms with Crippen molar-refractivity contribution in [1.82, 2.24) is 24.5 Å². The first-order valence-electron chi connectivity index (χ1n) is 30.3. The number of aromatic amines is 1. The monoisotopic (exact) mass is 1140 g/mol. The summed E-state index contributed by atoms with van der Waals surface area (Å²) in [6, 6.07) is 20.8. The molecule has 8 heterocycles. The number of carbonyl (C=O) groups excluding carboxylic acids is 1. The second-order valence-electron chi connectivity index (χ2n) is 25.6. The van der Waals surface area contributed by atoms with E-state index in [2.05, 4.69) is 72.7 Å². The van der Waals surface area contributed by atoms with Gasteiger partial charge in [0.05, 0.1) is 51.9 Å². The molecule has 1 spiro atoms. The largest absolute Gasteiger partial charge is 0.491 e. The minimum atomic E-state index is -4.70. The fourth-order valence-corrected chi connectivity index (χ4v) is 16.9. The molecule has 4 aliphatic carbocycles. The van der Waals surface area contributed by atoms with E-state index in [0.717, 1.165) is 100 Å². The molecule has 3 aromatic carbocycles. The lowest BCUT2D eigenvalue weighted by atomic mass is 9.59. The summed E-state index contributed by atoms with van der Waals surface area (Å²) in [6.45, 7) is 12.4. The molecule has 4 saturated heterocycles. The van der Waals surface area contributed by atoms with E-state index in [9.17, 15) is 23.3 Å². The molecule has 4 atom stereocenters. The van der Waals surface area contributed by atoms with Crippen molar-refractivity contribution in [2.24, 2.45) is 22.7 Å². The number of piperazine rings is 1. The lowest BCUT2D eigenvalue weighted by Crippen LogP contribution is -2.60. The predicted molar refractivity (Wildman–Crippen MR) is 311 cm³/mol. The van der Waals surface area contributed by atoms with Gasteiger partial charge in [0.2, 0.25) is 5.88 Å². The van der Waals surface area contributed by atoms with Crippen LogP contribution in [0.5, 0.6) is 17.4 Å². The van der Waals surface area contributed by atoms with Gasteiger partial charge in [0, 0.05) is 100 Å². The van der Waals surface area contributed by atoms with Crippen molar-refractivity contribution < 1.29 is 41.8 Å². The molecule has 2 aromatic heterocycles. The Morgan fingerprint density at radius 3 is 2.45 bits per heavy atom. The van der Waals surface area contributed by atoms with Gasteiger partial charge in [0.15, 0.2) is 11.4 Å². The van der Waals surface area contributed by atoms with Crippen molar-refractivity contribution in [2.45, 2.75) is 139 Å². The van der Waals surface area contributed by atoms with E-state index in [1.54, 1.807) is 6.07 Å². The van der Waals surface area contributed by atoms with Gasteiger partial charge in [0.25, 0.3) is 21.6 Å². The Kier molecular flexibility index (Phi) is 14.1. The fraction of sp³-hybridized carbons (Fsp3) is 0.581. The number of H-pyrrole nitrogens is 1. The molecule has 8 fully saturated rings. The van der Waals surface area contributed by atoms with Crippen LogP contribution in [0.4, 0.5) is 28.4 Å². The van der Waals surface area contributed by atoms with Crippen LogP contribution in [-0.2, 0) is 19.5 Å². The van der Waals surface area contributed by atoms with Crippen molar-refractivity contribution in [1.29, 1.82) is 0 Å². The van der Waals surface area contributed by atoms with Crippen molar-refractivity contribution >= 4 is 55.4 Å². The molecular weight excluding hydrogens is 1060 g/mol. The number of nitro groups is 1. The van der Waals surface area contributed by atoms with Gasteiger partial charge in [-0.25, -0.2) is 13.1 Å². The molecule has 20 heteroatoms. The molecule has 0 unspecified atom stereocenters. The fourth-order valence-electron chi connectivity index (χ4n) is 15.9. The van der Waals surface area contributed by atoms with Crippen molar-refractivity contribution in [3.8, 4) is 17.4 Å². The standard InChI is InChI=1S/C62H77N9O10S/c1-39(2)80-54-6-4-3-5-46(54)53-35-67(38-61-16-9-40(10-17-61)11-18-61)24-25-69(53)44-33-62(34-44)19-22-68(23-20-62)43-7-8-47(50(30-43)70-49-15-28-78-37-56(49)81-60-52(70)29-42-12-21-63-58(42)65-60)59(72)66-82(75,76)45-31-51(71(73)74)57-55(32-45)79-36-48(64-57)41-13-26-77-27-14-41/h3-8,12,21,29-32,39-41,44,48-49,53,56,64H,9-11,13-20,22-28,33-38H2,1-2H3,(H,63,65)(H,66,72)/t40?,48-,49-,53-,56-,61?/m0/s1. The number of pyridine rings is 1. The van der Waals surface area contributed by atoms with Crippen molar-refractivity contribution in [3.05, 3.63) is 94.2 Å². The van der Waals surface area contributed by atoms with Crippen LogP contribution in [0.15, 0.2) is 77.8 Å². The molecule has 436 valence electrons. The number of benzene rings is 3. The topological polar surface area (TPSA) is 206 Å². The average molecular weight is 1140 g/mol. The molecule has 82 heavy (non-hydrogen) atoms. The number of hydrogen-bond acceptors (Lipinski definition) is 16. The Morgan fingerprint density at radius 2 is 1.67 bits per heavy atom. The molecule has 2 bridgehead atoms. The van der Waals surface area contributed by atoms with Crippen LogP contribution in [0.1, 0.15) is 119 Å². The number of nitrogens with one attached hydrogen (secondary N) is 3. The van der Waals surface area contributed by atoms with Crippen LogP contribution in [0.2, 0.25) is 0 Å². The minimum absolute atomic E-state index is 0.0337. The predicted octanol–water partition coefficient (Wildman–Crippen LogP) is 9.74. The average Bonchev–Trinajstić information content (AvgIpc) is 4.08. The number of amides is 1. The summed E-state index contributed by atoms with van der Waals surface area (Å²) in [5.41, 5.74) is 4.49. The van der Waals surface area contributed by atoms with Crippen LogP contribution >= 0.6 is 0 Å². The highest BCUT2D eigenvalue weighted by Gasteiger charge is 2.52. The number of hydrogen-bond donors (Lipinski definition) is 3. The molecular formula is C62H77N9O10S. The quantitative estimate of drug-likeness (QED) is 0.0741. The summed E-state index contributed by atoms with van der Waals surface area (Å²) in [6.07, 6.45) is 16.3. The smallest absolute Gasteiger partial charge is 0.297 e. The molecule has 19 nitrogen and oxygen atoms in total. The third kappa shape index (κ3) is 10.1. The van der Waals surface area contributed by atoms with Gasteiger partial charge < -0.3 is 43.8 Å². The Labute approximate surface area is 479 Å². The first-order valence-corrected chi connectivity index (χ1v) is 31.8. The Bertz CT molecular complexity index is 3330. The number of anilines is 4. The summed E-state index contributed by atoms with van der Waals surface area (Å²) in [4.78, 5) is 44.7. The molecule has 5 aromatic rings. The van der Waals surface area contributed by atoms with Gasteiger partial charge in [0.1, 0.15) is 29.8 Å². The maximum Gasteiger partial charge on any atom is 0.297 e. The second-order valence-corrected chi connectivity index (χ2v) is 27.3. The number of piperidine rings is 1. The van der Waals surface area contributed by atoms with Gasteiger partial charge in [-0.05, 0) is 156 Å². The summed E-state index contributed by atoms with van der Waals surface area (Å²) >= 11 is 0. The molecule has 4 saturated carbocycles. The maximum absolute atomic E-state index is 15.0. The molecule has 6 aliphatic heterocycles. The normalized spacial score (nSPS) is 27.6. The third-order valence-electron chi connectivity index (χ3n) is 20.4. The van der Waals surface area contributed by atoms with Gasteiger partial charge in [-0.1, -0.05) is 18.2 Å². The number of para-hydroxylation sites is 1. The second kappa shape index (κ2) is 21.5. The summed E-state index contributed by atoms with van der Waals surface area (Å²) in [5, 5.41) is 16.8. The summed E-state index contributed by atoms with van der Waals surface area (Å²) in [5.74, 6) is 1.65. The number of carbonyl (C=O) groups is 1. The zero-order chi connectivity index (χ0) is 55.9. The Morgan fingerprint density at radius 1 is 0.890 bits per heavy atom. The van der Waals surface area contributed by atoms with Gasteiger partial charge in [-0.2, -0.15) is 4.98 Å². The number of nitro benzene ring substituents is 1. The van der Waals surface area contributed by atoms with Gasteiger partial charge in [-0.3, -0.25) is 24.7 Å². The highest BCUT2D eigenvalue weighted by Crippen LogP contribution is 2.56. The van der Waals surface area contributed by atoms with Crippen LogP contribution in [0, 0.1) is 32.8 Å². The van der Waals surface area contributed by atoms with E-state index >= 15 is 0 Å². The third-order valence-corrected chi connectivity index (χ3v) is 21.7. The van der Waals surface area contributed by atoms with E-state index in [4.69, 9.17) is 28.7 Å². The zero-order valence-corrected chi connectivity index (χ0v) is 48.0. The first-order chi connectivity index (χ1) is 39.8. The SMILES string of the molecule is CC(C)Oc1ccccc1[C@@H]1CN(CC23CCC(CC2)CC3)CCN1C1CC2(CCN(c3ccc(C(=O)NS(=O)(=O)c4cc5c(c([N+](=O)[O-])c4)N[C@H](C4CCOCC4)CO5)c(N4c5cc6cc[nH]c6nc5O[C@H]5COCC[C@@H]54)c3)CC2)C1. The van der Waals surface area contributed by atoms with E-state index in [0.29, 0.717) is 67.2 Å². The minimum Gasteiger partial charge on any atom is -0.491 e. The lowest BCUT2D eigenvalue weighted by Gasteiger charge is -2.59. The molecule has 10 aliphatic rings. The van der Waals surface area contributed by atoms with Crippen LogP contribution in [0.3, 0.4) is 0 Å². The van der Waals surface area contributed by atoms with Crippen LogP contribution in [0.25, 0.3) is 11.0 Å². The first kappa shape index (κ1) is 53.8. The van der Waals surface area contributed by atoms with E-state index in [1.807, 2.05) is 30.5 Å². The van der Waals surface area contributed by atoms with Gasteiger partial charge in [-0.15, -0.1) is 0 Å². The molecule has 1 amide bonds. The van der Waals surface area contributed by atoms with E-state index in [1.165, 1.54) is 56.7 Å². The summed E-state index contributed by atoms with van der Waals surface area (Å²) < 4.78 is 62.0. The van der Waals surface area contributed by atoms with Crippen molar-refractivity contribution in [3.63, 3.8) is 0 Å². The van der Waals surface area contributed by atoms with E-state index < -0.39 is 37.5 Å². The summed E-state index contributed by atoms with van der Waals surface area (Å²) in [7, 11) is -4.70. The maximum atomic E-state index is 15.0. The highest BCUT2D eigenvalue weighted by atomic mass is 32.2. The zero-order valence-electron chi connectivity index (χ0n) is 47.2. The number of fused-ring (bicyclic) bond motifs is 7. The van der Waals surface area contributed by atoms with Crippen LogP contribution in [-0.4, -0.2) is 142 Å². The molecule has 3 N–H and O–H groups in total. The molecule has 0 radical (unpaired) electrons.